The first kappa shape index (κ1) is 14.1. The van der Waals surface area contributed by atoms with Gasteiger partial charge in [-0.05, 0) is 43.0 Å². The van der Waals surface area contributed by atoms with Crippen LogP contribution in [0, 0.1) is 5.92 Å². The highest BCUT2D eigenvalue weighted by Crippen LogP contribution is 2.41. The first-order valence-electron chi connectivity index (χ1n) is 7.05. The molecule has 0 saturated carbocycles. The number of benzene rings is 1. The van der Waals surface area contributed by atoms with E-state index in [4.69, 9.17) is 11.6 Å². The summed E-state index contributed by atoms with van der Waals surface area (Å²) in [6.07, 6.45) is 5.56. The van der Waals surface area contributed by atoms with Crippen LogP contribution in [0.15, 0.2) is 30.3 Å². The number of amides is 1. The number of hydrogen-bond acceptors (Lipinski definition) is 2. The third-order valence-corrected chi connectivity index (χ3v) is 4.65. The Kier molecular flexibility index (Phi) is 3.72. The van der Waals surface area contributed by atoms with Crippen LogP contribution in [0.5, 0.6) is 0 Å². The summed E-state index contributed by atoms with van der Waals surface area (Å²) in [7, 11) is 0. The van der Waals surface area contributed by atoms with Crippen molar-refractivity contribution in [3.05, 3.63) is 40.9 Å². The van der Waals surface area contributed by atoms with E-state index in [1.54, 1.807) is 23.1 Å². The lowest BCUT2D eigenvalue weighted by Gasteiger charge is -2.21. The molecule has 1 aromatic carbocycles. The predicted octanol–water partition coefficient (Wildman–Crippen LogP) is 2.82. The summed E-state index contributed by atoms with van der Waals surface area (Å²) in [4.78, 5) is 25.3. The van der Waals surface area contributed by atoms with Gasteiger partial charge in [0, 0.05) is 23.2 Å². The standard InChI is InChI=1S/C16H16ClNO3/c17-11-4-1-10(2-5-11)3-8-15(19)18-12-6-7-14(18)13(9-12)16(20)21/h1-5,8,12-14H,6-7,9H2,(H,20,21). The summed E-state index contributed by atoms with van der Waals surface area (Å²) in [5.74, 6) is -1.29. The number of carboxylic acids is 1. The Morgan fingerprint density at radius 1 is 1.24 bits per heavy atom. The Morgan fingerprint density at radius 2 is 1.95 bits per heavy atom. The summed E-state index contributed by atoms with van der Waals surface area (Å²) in [5, 5.41) is 9.85. The highest BCUT2D eigenvalue weighted by atomic mass is 35.5. The number of nitrogens with zero attached hydrogens (tertiary/aromatic N) is 1. The topological polar surface area (TPSA) is 57.6 Å². The van der Waals surface area contributed by atoms with Crippen molar-refractivity contribution in [2.75, 3.05) is 0 Å². The van der Waals surface area contributed by atoms with Crippen LogP contribution in [0.4, 0.5) is 0 Å². The molecule has 2 fully saturated rings. The minimum absolute atomic E-state index is 0.0819. The first-order valence-corrected chi connectivity index (χ1v) is 7.43. The van der Waals surface area contributed by atoms with Crippen LogP contribution in [0.25, 0.3) is 6.08 Å². The van der Waals surface area contributed by atoms with Crippen LogP contribution in [0.1, 0.15) is 24.8 Å². The first-order chi connectivity index (χ1) is 10.1. The Hall–Kier alpha value is -1.81. The molecule has 1 N–H and O–H groups in total. The second-order valence-corrected chi connectivity index (χ2v) is 6.05. The van der Waals surface area contributed by atoms with Gasteiger partial charge in [0.2, 0.25) is 5.91 Å². The molecule has 2 aliphatic heterocycles. The third-order valence-electron chi connectivity index (χ3n) is 4.40. The molecule has 2 saturated heterocycles. The van der Waals surface area contributed by atoms with E-state index in [0.717, 1.165) is 18.4 Å². The highest BCUT2D eigenvalue weighted by molar-refractivity contribution is 6.30. The van der Waals surface area contributed by atoms with E-state index in [1.165, 1.54) is 6.08 Å². The molecule has 3 rings (SSSR count). The molecule has 0 spiro atoms. The van der Waals surface area contributed by atoms with Gasteiger partial charge < -0.3 is 10.0 Å². The van der Waals surface area contributed by atoms with Gasteiger partial charge in [0.1, 0.15) is 0 Å². The molecule has 0 aliphatic carbocycles. The fraction of sp³-hybridized carbons (Fsp3) is 0.375. The molecule has 110 valence electrons. The summed E-state index contributed by atoms with van der Waals surface area (Å²) >= 11 is 5.82. The number of fused-ring (bicyclic) bond motifs is 2. The second kappa shape index (κ2) is 5.53. The van der Waals surface area contributed by atoms with Crippen LogP contribution in [0.3, 0.4) is 0 Å². The van der Waals surface area contributed by atoms with Gasteiger partial charge in [0.05, 0.1) is 5.92 Å². The fourth-order valence-electron chi connectivity index (χ4n) is 3.43. The minimum atomic E-state index is -0.790. The fourth-order valence-corrected chi connectivity index (χ4v) is 3.55. The quantitative estimate of drug-likeness (QED) is 0.874. The summed E-state index contributed by atoms with van der Waals surface area (Å²) in [6.45, 7) is 0. The SMILES string of the molecule is O=C(O)C1CC2CCC1N2C(=O)C=Cc1ccc(Cl)cc1. The molecule has 2 heterocycles. The average molecular weight is 306 g/mol. The lowest BCUT2D eigenvalue weighted by atomic mass is 9.89. The van der Waals surface area contributed by atoms with Gasteiger partial charge in [-0.1, -0.05) is 23.7 Å². The number of rotatable bonds is 3. The number of carbonyl (C=O) groups is 2. The number of aliphatic carboxylic acids is 1. The summed E-state index contributed by atoms with van der Waals surface area (Å²) < 4.78 is 0. The molecule has 1 aromatic rings. The molecule has 2 aliphatic rings. The van der Waals surface area contributed by atoms with Crippen LogP contribution in [-0.2, 0) is 9.59 Å². The van der Waals surface area contributed by atoms with Crippen molar-refractivity contribution >= 4 is 29.6 Å². The number of hydrogen-bond donors (Lipinski definition) is 1. The van der Waals surface area contributed by atoms with E-state index in [1.807, 2.05) is 12.1 Å². The maximum Gasteiger partial charge on any atom is 0.308 e. The predicted molar refractivity (Wildman–Crippen MR) is 79.9 cm³/mol. The second-order valence-electron chi connectivity index (χ2n) is 5.61. The zero-order valence-corrected chi connectivity index (χ0v) is 12.2. The highest BCUT2D eigenvalue weighted by Gasteiger charge is 2.50. The molecule has 1 amide bonds. The normalized spacial score (nSPS) is 27.5. The number of carbonyl (C=O) groups excluding carboxylic acids is 1. The number of halogens is 1. The van der Waals surface area contributed by atoms with Gasteiger partial charge in [-0.15, -0.1) is 0 Å². The maximum absolute atomic E-state index is 12.3. The van der Waals surface area contributed by atoms with Gasteiger partial charge in [-0.2, -0.15) is 0 Å². The van der Waals surface area contributed by atoms with Gasteiger partial charge in [0.15, 0.2) is 0 Å². The van der Waals surface area contributed by atoms with Gasteiger partial charge in [-0.25, -0.2) is 0 Å². The number of carboxylic acid groups (broad SMARTS) is 1. The Labute approximate surface area is 128 Å². The van der Waals surface area contributed by atoms with Crippen molar-refractivity contribution in [1.82, 2.24) is 4.90 Å². The van der Waals surface area contributed by atoms with E-state index in [-0.39, 0.29) is 18.0 Å². The van der Waals surface area contributed by atoms with Crippen molar-refractivity contribution < 1.29 is 14.7 Å². The molecule has 3 unspecified atom stereocenters. The minimum Gasteiger partial charge on any atom is -0.481 e. The molecule has 4 nitrogen and oxygen atoms in total. The van der Waals surface area contributed by atoms with Crippen molar-refractivity contribution in [2.24, 2.45) is 5.92 Å². The van der Waals surface area contributed by atoms with Crippen LogP contribution in [0.2, 0.25) is 5.02 Å². The van der Waals surface area contributed by atoms with Gasteiger partial charge >= 0.3 is 5.97 Å². The van der Waals surface area contributed by atoms with Crippen LogP contribution >= 0.6 is 11.6 Å². The Morgan fingerprint density at radius 3 is 2.57 bits per heavy atom. The summed E-state index contributed by atoms with van der Waals surface area (Å²) in [5.41, 5.74) is 0.897. The van der Waals surface area contributed by atoms with Gasteiger partial charge in [-0.3, -0.25) is 9.59 Å². The van der Waals surface area contributed by atoms with Crippen molar-refractivity contribution in [2.45, 2.75) is 31.3 Å². The van der Waals surface area contributed by atoms with E-state index in [2.05, 4.69) is 0 Å². The smallest absolute Gasteiger partial charge is 0.308 e. The Bertz CT molecular complexity index is 596. The molecule has 0 radical (unpaired) electrons. The van der Waals surface area contributed by atoms with Gasteiger partial charge in [0.25, 0.3) is 0 Å². The zero-order valence-electron chi connectivity index (χ0n) is 11.4. The average Bonchev–Trinajstić information content (AvgIpc) is 3.04. The van der Waals surface area contributed by atoms with Crippen molar-refractivity contribution in [1.29, 1.82) is 0 Å². The summed E-state index contributed by atoms with van der Waals surface area (Å²) in [6, 6.07) is 7.15. The molecular formula is C16H16ClNO3. The maximum atomic E-state index is 12.3. The van der Waals surface area contributed by atoms with E-state index in [0.29, 0.717) is 11.4 Å². The molecule has 21 heavy (non-hydrogen) atoms. The van der Waals surface area contributed by atoms with E-state index in [9.17, 15) is 14.7 Å². The van der Waals surface area contributed by atoms with E-state index >= 15 is 0 Å². The third kappa shape index (κ3) is 2.68. The van der Waals surface area contributed by atoms with E-state index < -0.39 is 11.9 Å². The molecule has 2 bridgehead atoms. The molecular weight excluding hydrogens is 290 g/mol. The van der Waals surface area contributed by atoms with Crippen LogP contribution < -0.4 is 0 Å². The largest absolute Gasteiger partial charge is 0.481 e. The van der Waals surface area contributed by atoms with Crippen molar-refractivity contribution in [3.8, 4) is 0 Å². The molecule has 3 atom stereocenters. The lowest BCUT2D eigenvalue weighted by Crippen LogP contribution is -2.36. The Balaban J connectivity index is 1.71. The molecule has 5 heteroatoms. The monoisotopic (exact) mass is 305 g/mol. The zero-order chi connectivity index (χ0) is 15.0. The molecule has 0 aromatic heterocycles. The van der Waals surface area contributed by atoms with Crippen molar-refractivity contribution in [3.63, 3.8) is 0 Å². The lowest BCUT2D eigenvalue weighted by molar-refractivity contribution is -0.143. The van der Waals surface area contributed by atoms with Crippen LogP contribution in [-0.4, -0.2) is 34.0 Å².